The molecular weight excluding hydrogens is 326 g/mol. The molecule has 0 fully saturated rings. The fourth-order valence-corrected chi connectivity index (χ4v) is 2.04. The van der Waals surface area contributed by atoms with Crippen LogP contribution < -0.4 is 15.4 Å². The fourth-order valence-electron chi connectivity index (χ4n) is 2.04. The zero-order valence-electron chi connectivity index (χ0n) is 13.5. The minimum absolute atomic E-state index is 0.0224. The molecule has 0 atom stereocenters. The molecule has 25 heavy (non-hydrogen) atoms. The van der Waals surface area contributed by atoms with Gasteiger partial charge in [0.1, 0.15) is 0 Å². The van der Waals surface area contributed by atoms with E-state index in [1.54, 1.807) is 30.3 Å². The van der Waals surface area contributed by atoms with Crippen molar-refractivity contribution < 1.29 is 19.2 Å². The summed E-state index contributed by atoms with van der Waals surface area (Å²) in [6, 6.07) is 12.2. The monoisotopic (exact) mass is 343 g/mol. The maximum absolute atomic E-state index is 11.9. The minimum Gasteiger partial charge on any atom is -0.477 e. The number of benzene rings is 2. The molecule has 2 aromatic carbocycles. The van der Waals surface area contributed by atoms with Crippen LogP contribution in [0.4, 0.5) is 11.4 Å². The zero-order chi connectivity index (χ0) is 18.2. The highest BCUT2D eigenvalue weighted by molar-refractivity contribution is 5.96. The summed E-state index contributed by atoms with van der Waals surface area (Å²) in [6.45, 7) is 1.98. The third-order valence-electron chi connectivity index (χ3n) is 3.19. The number of ether oxygens (including phenoxy) is 1. The van der Waals surface area contributed by atoms with Gasteiger partial charge in [0.25, 0.3) is 11.8 Å². The topological polar surface area (TPSA) is 111 Å². The first-order chi connectivity index (χ1) is 12.0. The van der Waals surface area contributed by atoms with Crippen LogP contribution in [0, 0.1) is 10.1 Å². The Morgan fingerprint density at radius 1 is 1.12 bits per heavy atom. The molecule has 8 heteroatoms. The number of anilines is 1. The number of nitrogens with one attached hydrogen (secondary N) is 2. The summed E-state index contributed by atoms with van der Waals surface area (Å²) < 4.78 is 5.21. The van der Waals surface area contributed by atoms with Gasteiger partial charge in [-0.2, -0.15) is 0 Å². The van der Waals surface area contributed by atoms with Crippen LogP contribution >= 0.6 is 0 Å². The summed E-state index contributed by atoms with van der Waals surface area (Å²) in [6.07, 6.45) is 0. The van der Waals surface area contributed by atoms with Crippen molar-refractivity contribution in [3.63, 3.8) is 0 Å². The molecule has 0 aliphatic rings. The smallest absolute Gasteiger partial charge is 0.310 e. The molecule has 2 amide bonds. The molecule has 0 aliphatic carbocycles. The molecule has 0 saturated heterocycles. The van der Waals surface area contributed by atoms with Crippen LogP contribution in [0.5, 0.6) is 5.75 Å². The van der Waals surface area contributed by atoms with Gasteiger partial charge >= 0.3 is 5.69 Å². The summed E-state index contributed by atoms with van der Waals surface area (Å²) >= 11 is 0. The summed E-state index contributed by atoms with van der Waals surface area (Å²) in [7, 11) is 0. The Balaban J connectivity index is 1.93. The summed E-state index contributed by atoms with van der Waals surface area (Å²) in [5, 5.41) is 16.2. The SMILES string of the molecule is CCNC(=O)c1ccc(NC(=O)COc2ccccc2[N+](=O)[O-])cc1. The molecule has 130 valence electrons. The first-order valence-electron chi connectivity index (χ1n) is 7.55. The number of hydrogen-bond acceptors (Lipinski definition) is 5. The van der Waals surface area contributed by atoms with Gasteiger partial charge in [-0.25, -0.2) is 0 Å². The largest absolute Gasteiger partial charge is 0.477 e. The number of nitrogens with zero attached hydrogens (tertiary/aromatic N) is 1. The predicted octanol–water partition coefficient (Wildman–Crippen LogP) is 2.36. The molecule has 0 aliphatic heterocycles. The van der Waals surface area contributed by atoms with E-state index in [0.29, 0.717) is 17.8 Å². The number of nitro groups is 1. The van der Waals surface area contributed by atoms with Crippen LogP contribution in [-0.4, -0.2) is 29.9 Å². The molecule has 2 aromatic rings. The summed E-state index contributed by atoms with van der Waals surface area (Å²) in [5.41, 5.74) is 0.766. The van der Waals surface area contributed by atoms with E-state index in [1.165, 1.54) is 18.2 Å². The van der Waals surface area contributed by atoms with Crippen LogP contribution in [-0.2, 0) is 4.79 Å². The molecule has 2 N–H and O–H groups in total. The Morgan fingerprint density at radius 2 is 1.80 bits per heavy atom. The van der Waals surface area contributed by atoms with Crippen molar-refractivity contribution in [2.45, 2.75) is 6.92 Å². The average molecular weight is 343 g/mol. The number of carbonyl (C=O) groups is 2. The Labute approximate surface area is 144 Å². The lowest BCUT2D eigenvalue weighted by Gasteiger charge is -2.08. The molecule has 0 bridgehead atoms. The van der Waals surface area contributed by atoms with Crippen molar-refractivity contribution in [1.29, 1.82) is 0 Å². The van der Waals surface area contributed by atoms with Crippen molar-refractivity contribution in [3.05, 3.63) is 64.2 Å². The number of rotatable bonds is 7. The van der Waals surface area contributed by atoms with Crippen LogP contribution in [0.3, 0.4) is 0 Å². The van der Waals surface area contributed by atoms with E-state index >= 15 is 0 Å². The molecule has 0 aromatic heterocycles. The molecule has 0 spiro atoms. The van der Waals surface area contributed by atoms with Gasteiger partial charge in [-0.3, -0.25) is 19.7 Å². The van der Waals surface area contributed by atoms with E-state index in [2.05, 4.69) is 10.6 Å². The molecule has 0 radical (unpaired) electrons. The second-order valence-corrected chi connectivity index (χ2v) is 5.00. The molecule has 0 heterocycles. The average Bonchev–Trinajstić information content (AvgIpc) is 2.61. The maximum Gasteiger partial charge on any atom is 0.310 e. The van der Waals surface area contributed by atoms with Crippen LogP contribution in [0.15, 0.2) is 48.5 Å². The third-order valence-corrected chi connectivity index (χ3v) is 3.19. The highest BCUT2D eigenvalue weighted by Gasteiger charge is 2.15. The van der Waals surface area contributed by atoms with E-state index < -0.39 is 10.8 Å². The lowest BCUT2D eigenvalue weighted by Crippen LogP contribution is -2.23. The van der Waals surface area contributed by atoms with Gasteiger partial charge in [0.05, 0.1) is 4.92 Å². The molecule has 0 unspecified atom stereocenters. The Hall–Kier alpha value is -3.42. The van der Waals surface area contributed by atoms with Crippen LogP contribution in [0.1, 0.15) is 17.3 Å². The van der Waals surface area contributed by atoms with Crippen LogP contribution in [0.2, 0.25) is 0 Å². The van der Waals surface area contributed by atoms with Crippen molar-refractivity contribution in [2.24, 2.45) is 0 Å². The minimum atomic E-state index is -0.576. The third kappa shape index (κ3) is 5.03. The van der Waals surface area contributed by atoms with Gasteiger partial charge in [-0.05, 0) is 37.3 Å². The van der Waals surface area contributed by atoms with E-state index in [-0.39, 0.29) is 24.0 Å². The van der Waals surface area contributed by atoms with Crippen LogP contribution in [0.25, 0.3) is 0 Å². The predicted molar refractivity (Wildman–Crippen MR) is 91.7 cm³/mol. The van der Waals surface area contributed by atoms with Gasteiger partial charge in [0.15, 0.2) is 12.4 Å². The Morgan fingerprint density at radius 3 is 2.44 bits per heavy atom. The normalized spacial score (nSPS) is 9.96. The molecule has 0 saturated carbocycles. The first-order valence-corrected chi connectivity index (χ1v) is 7.55. The number of hydrogen-bond donors (Lipinski definition) is 2. The van der Waals surface area contributed by atoms with E-state index in [0.717, 1.165) is 0 Å². The second-order valence-electron chi connectivity index (χ2n) is 5.00. The van der Waals surface area contributed by atoms with E-state index in [1.807, 2.05) is 6.92 Å². The maximum atomic E-state index is 11.9. The highest BCUT2D eigenvalue weighted by atomic mass is 16.6. The lowest BCUT2D eigenvalue weighted by atomic mass is 10.2. The van der Waals surface area contributed by atoms with Crippen molar-refractivity contribution in [3.8, 4) is 5.75 Å². The first kappa shape index (κ1) is 17.9. The second kappa shape index (κ2) is 8.44. The molecule has 8 nitrogen and oxygen atoms in total. The van der Waals surface area contributed by atoms with Crippen molar-refractivity contribution in [2.75, 3.05) is 18.5 Å². The Bertz CT molecular complexity index is 774. The lowest BCUT2D eigenvalue weighted by molar-refractivity contribution is -0.385. The van der Waals surface area contributed by atoms with Gasteiger partial charge in [0, 0.05) is 23.9 Å². The number of nitro benzene ring substituents is 1. The number of carbonyl (C=O) groups excluding carboxylic acids is 2. The Kier molecular flexibility index (Phi) is 6.05. The number of amides is 2. The summed E-state index contributed by atoms with van der Waals surface area (Å²) in [5.74, 6) is -0.641. The van der Waals surface area contributed by atoms with E-state index in [4.69, 9.17) is 4.74 Å². The molecular formula is C17H17N3O5. The van der Waals surface area contributed by atoms with Crippen molar-refractivity contribution in [1.82, 2.24) is 5.32 Å². The standard InChI is InChI=1S/C17H17N3O5/c1-2-18-17(22)12-7-9-13(10-8-12)19-16(21)11-25-15-6-4-3-5-14(15)20(23)24/h3-10H,2,11H2,1H3,(H,18,22)(H,19,21). The van der Waals surface area contributed by atoms with Gasteiger partial charge in [-0.15, -0.1) is 0 Å². The fraction of sp³-hybridized carbons (Fsp3) is 0.176. The zero-order valence-corrected chi connectivity index (χ0v) is 13.5. The van der Waals surface area contributed by atoms with Gasteiger partial charge < -0.3 is 15.4 Å². The van der Waals surface area contributed by atoms with Gasteiger partial charge in [0.2, 0.25) is 0 Å². The number of para-hydroxylation sites is 2. The highest BCUT2D eigenvalue weighted by Crippen LogP contribution is 2.25. The van der Waals surface area contributed by atoms with Crippen molar-refractivity contribution >= 4 is 23.2 Å². The summed E-state index contributed by atoms with van der Waals surface area (Å²) in [4.78, 5) is 33.9. The molecule has 2 rings (SSSR count). The quantitative estimate of drug-likeness (QED) is 0.592. The van der Waals surface area contributed by atoms with E-state index in [9.17, 15) is 19.7 Å². The van der Waals surface area contributed by atoms with Gasteiger partial charge in [-0.1, -0.05) is 12.1 Å².